The zero-order valence-corrected chi connectivity index (χ0v) is 20.9. The Morgan fingerprint density at radius 3 is 2.41 bits per heavy atom. The molecule has 1 aromatic heterocycles. The number of rotatable bonds is 6. The minimum atomic E-state index is -3.52. The second kappa shape index (κ2) is 9.73. The van der Waals surface area contributed by atoms with Crippen molar-refractivity contribution < 1.29 is 13.2 Å². The van der Waals surface area contributed by atoms with Gasteiger partial charge in [0.05, 0.1) is 22.8 Å². The summed E-state index contributed by atoms with van der Waals surface area (Å²) in [5.74, 6) is 0.696. The van der Waals surface area contributed by atoms with Crippen LogP contribution in [0.5, 0.6) is 0 Å². The van der Waals surface area contributed by atoms with Gasteiger partial charge in [0, 0.05) is 41.5 Å². The number of carbonyl (C=O) groups is 1. The summed E-state index contributed by atoms with van der Waals surface area (Å²) < 4.78 is 29.4. The molecule has 2 aromatic carbocycles. The van der Waals surface area contributed by atoms with E-state index in [2.05, 4.69) is 9.88 Å². The number of thioether (sulfide) groups is 1. The maximum absolute atomic E-state index is 12.9. The fraction of sp³-hybridized carbons (Fsp3) is 0.333. The molecule has 0 atom stereocenters. The van der Waals surface area contributed by atoms with E-state index >= 15 is 0 Å². The second-order valence-corrected chi connectivity index (χ2v) is 11.8. The molecular formula is C24H25ClN4O3S2. The van der Waals surface area contributed by atoms with E-state index in [1.807, 2.05) is 24.3 Å². The first kappa shape index (κ1) is 23.4. The summed E-state index contributed by atoms with van der Waals surface area (Å²) in [5, 5.41) is 4.58. The number of halogens is 1. The predicted molar refractivity (Wildman–Crippen MR) is 134 cm³/mol. The van der Waals surface area contributed by atoms with Crippen molar-refractivity contribution in [2.75, 3.05) is 18.8 Å². The van der Waals surface area contributed by atoms with Crippen LogP contribution in [0.1, 0.15) is 35.3 Å². The second-order valence-electron chi connectivity index (χ2n) is 8.37. The molecule has 0 bridgehead atoms. The number of benzene rings is 2. The average molecular weight is 517 g/mol. The van der Waals surface area contributed by atoms with Crippen molar-refractivity contribution in [3.8, 4) is 11.3 Å². The third-order valence-corrected chi connectivity index (χ3v) is 9.31. The Hall–Kier alpha value is -2.33. The minimum absolute atomic E-state index is 0.224. The summed E-state index contributed by atoms with van der Waals surface area (Å²) in [4.78, 5) is 17.9. The highest BCUT2D eigenvalue weighted by Gasteiger charge is 2.26. The van der Waals surface area contributed by atoms with Gasteiger partial charge in [0.2, 0.25) is 10.0 Å². The zero-order valence-electron chi connectivity index (χ0n) is 18.5. The SMILES string of the molecule is O=C(NCc1c(-c2ccc(Cl)cc2)nc2n1CCS2)c1ccc(S(=O)(=O)N2CCCCC2)cc1. The molecule has 1 fully saturated rings. The van der Waals surface area contributed by atoms with E-state index in [1.54, 1.807) is 23.9 Å². The van der Waals surface area contributed by atoms with Crippen LogP contribution in [0.2, 0.25) is 5.02 Å². The van der Waals surface area contributed by atoms with Crippen LogP contribution < -0.4 is 5.32 Å². The van der Waals surface area contributed by atoms with Gasteiger partial charge < -0.3 is 9.88 Å². The lowest BCUT2D eigenvalue weighted by Gasteiger charge is -2.25. The predicted octanol–water partition coefficient (Wildman–Crippen LogP) is 4.41. The Kier molecular flexibility index (Phi) is 6.70. The van der Waals surface area contributed by atoms with Gasteiger partial charge in [0.1, 0.15) is 0 Å². The molecule has 34 heavy (non-hydrogen) atoms. The molecule has 0 unspecified atom stereocenters. The Morgan fingerprint density at radius 1 is 1.00 bits per heavy atom. The lowest BCUT2D eigenvalue weighted by molar-refractivity contribution is 0.0950. The van der Waals surface area contributed by atoms with Gasteiger partial charge in [-0.3, -0.25) is 4.79 Å². The van der Waals surface area contributed by atoms with Gasteiger partial charge in [-0.2, -0.15) is 4.31 Å². The quantitative estimate of drug-likeness (QED) is 0.524. The third-order valence-electron chi connectivity index (χ3n) is 6.19. The monoisotopic (exact) mass is 516 g/mol. The Labute approximate surface area is 208 Å². The number of aromatic nitrogens is 2. The molecule has 1 amide bonds. The highest BCUT2D eigenvalue weighted by Crippen LogP contribution is 2.33. The van der Waals surface area contributed by atoms with Crippen LogP contribution in [0, 0.1) is 0 Å². The molecule has 5 rings (SSSR count). The number of nitrogens with zero attached hydrogens (tertiary/aromatic N) is 3. The Bertz CT molecular complexity index is 1300. The summed E-state index contributed by atoms with van der Waals surface area (Å²) in [6.45, 7) is 2.26. The molecule has 0 saturated carbocycles. The molecule has 1 saturated heterocycles. The van der Waals surface area contributed by atoms with Gasteiger partial charge in [-0.15, -0.1) is 0 Å². The summed E-state index contributed by atoms with van der Waals surface area (Å²) in [7, 11) is -3.52. The molecule has 3 aromatic rings. The van der Waals surface area contributed by atoms with Crippen molar-refractivity contribution in [2.24, 2.45) is 0 Å². The summed E-state index contributed by atoms with van der Waals surface area (Å²) in [6, 6.07) is 13.7. The lowest BCUT2D eigenvalue weighted by atomic mass is 10.1. The van der Waals surface area contributed by atoms with Gasteiger partial charge >= 0.3 is 0 Å². The van der Waals surface area contributed by atoms with Gasteiger partial charge in [-0.25, -0.2) is 13.4 Å². The molecule has 1 N–H and O–H groups in total. The number of hydrogen-bond acceptors (Lipinski definition) is 5. The maximum Gasteiger partial charge on any atom is 0.251 e. The van der Waals surface area contributed by atoms with Gasteiger partial charge in [-0.1, -0.05) is 41.9 Å². The van der Waals surface area contributed by atoms with Crippen LogP contribution in [0.15, 0.2) is 58.6 Å². The number of sulfonamides is 1. The van der Waals surface area contributed by atoms with Gasteiger partial charge in [0.25, 0.3) is 5.91 Å². The highest BCUT2D eigenvalue weighted by molar-refractivity contribution is 7.99. The van der Waals surface area contributed by atoms with Crippen molar-refractivity contribution in [1.29, 1.82) is 0 Å². The van der Waals surface area contributed by atoms with Crippen molar-refractivity contribution in [2.45, 2.75) is 42.4 Å². The van der Waals surface area contributed by atoms with Crippen LogP contribution in [0.3, 0.4) is 0 Å². The smallest absolute Gasteiger partial charge is 0.251 e. The van der Waals surface area contributed by atoms with Crippen LogP contribution >= 0.6 is 23.4 Å². The topological polar surface area (TPSA) is 84.3 Å². The fourth-order valence-corrected chi connectivity index (χ4v) is 6.96. The van der Waals surface area contributed by atoms with Crippen LogP contribution in [-0.2, 0) is 23.1 Å². The largest absolute Gasteiger partial charge is 0.346 e. The highest BCUT2D eigenvalue weighted by atomic mass is 35.5. The van der Waals surface area contributed by atoms with E-state index in [9.17, 15) is 13.2 Å². The van der Waals surface area contributed by atoms with E-state index in [4.69, 9.17) is 16.6 Å². The van der Waals surface area contributed by atoms with Crippen LogP contribution in [-0.4, -0.2) is 47.0 Å². The fourth-order valence-electron chi connectivity index (χ4n) is 4.35. The van der Waals surface area contributed by atoms with E-state index in [0.717, 1.165) is 53.7 Å². The van der Waals surface area contributed by atoms with Gasteiger partial charge in [-0.05, 0) is 49.2 Å². The summed E-state index contributed by atoms with van der Waals surface area (Å²) in [6.07, 6.45) is 2.83. The molecule has 3 heterocycles. The lowest BCUT2D eigenvalue weighted by Crippen LogP contribution is -2.35. The number of carbonyl (C=O) groups excluding carboxylic acids is 1. The standard InChI is InChI=1S/C24H25ClN4O3S2/c25-19-8-4-17(5-9-19)22-21(29-14-15-33-24(29)27-22)16-26-23(30)18-6-10-20(11-7-18)34(31,32)28-12-2-1-3-13-28/h4-11H,1-3,12-16H2,(H,26,30). The van der Waals surface area contributed by atoms with Crippen molar-refractivity contribution in [1.82, 2.24) is 19.2 Å². The number of nitrogens with one attached hydrogen (secondary N) is 1. The van der Waals surface area contributed by atoms with Gasteiger partial charge in [0.15, 0.2) is 5.16 Å². The van der Waals surface area contributed by atoms with Crippen molar-refractivity contribution >= 4 is 39.3 Å². The maximum atomic E-state index is 12.9. The number of amides is 1. The first-order chi connectivity index (χ1) is 16.4. The molecule has 7 nitrogen and oxygen atoms in total. The average Bonchev–Trinajstić information content (AvgIpc) is 3.45. The number of imidazole rings is 1. The van der Waals surface area contributed by atoms with Crippen molar-refractivity contribution in [3.63, 3.8) is 0 Å². The van der Waals surface area contributed by atoms with E-state index in [0.29, 0.717) is 30.2 Å². The zero-order chi connectivity index (χ0) is 23.7. The first-order valence-corrected chi connectivity index (χ1v) is 14.1. The third kappa shape index (κ3) is 4.62. The molecule has 2 aliphatic rings. The molecule has 0 aliphatic carbocycles. The molecule has 0 radical (unpaired) electrons. The van der Waals surface area contributed by atoms with E-state index < -0.39 is 10.0 Å². The van der Waals surface area contributed by atoms with E-state index in [1.165, 1.54) is 16.4 Å². The number of piperidine rings is 1. The molecule has 10 heteroatoms. The Balaban J connectivity index is 1.32. The summed E-state index contributed by atoms with van der Waals surface area (Å²) in [5.41, 5.74) is 3.15. The molecule has 0 spiro atoms. The normalized spacial score (nSPS) is 16.4. The Morgan fingerprint density at radius 2 is 1.71 bits per heavy atom. The number of hydrogen-bond donors (Lipinski definition) is 1. The summed E-state index contributed by atoms with van der Waals surface area (Å²) >= 11 is 7.74. The van der Waals surface area contributed by atoms with Crippen molar-refractivity contribution in [3.05, 3.63) is 64.8 Å². The molecular weight excluding hydrogens is 492 g/mol. The molecule has 2 aliphatic heterocycles. The number of fused-ring (bicyclic) bond motifs is 1. The molecule has 178 valence electrons. The van der Waals surface area contributed by atoms with Crippen LogP contribution in [0.25, 0.3) is 11.3 Å². The van der Waals surface area contributed by atoms with Crippen LogP contribution in [0.4, 0.5) is 0 Å². The van der Waals surface area contributed by atoms with E-state index in [-0.39, 0.29) is 10.8 Å². The first-order valence-electron chi connectivity index (χ1n) is 11.3. The minimum Gasteiger partial charge on any atom is -0.346 e.